The summed E-state index contributed by atoms with van der Waals surface area (Å²) in [4.78, 5) is 18.3. The van der Waals surface area contributed by atoms with Crippen molar-refractivity contribution >= 4 is 17.7 Å². The van der Waals surface area contributed by atoms with Crippen LogP contribution >= 0.6 is 0 Å². The molecule has 0 saturated heterocycles. The number of nitrogens with zero attached hydrogens (tertiary/aromatic N) is 2. The van der Waals surface area contributed by atoms with Crippen molar-refractivity contribution in [1.82, 2.24) is 15.5 Å². The van der Waals surface area contributed by atoms with Crippen molar-refractivity contribution in [3.63, 3.8) is 0 Å². The van der Waals surface area contributed by atoms with Crippen molar-refractivity contribution in [3.05, 3.63) is 65.2 Å². The van der Waals surface area contributed by atoms with Crippen molar-refractivity contribution in [1.29, 1.82) is 0 Å². The van der Waals surface area contributed by atoms with E-state index < -0.39 is 11.7 Å². The van der Waals surface area contributed by atoms with Crippen molar-refractivity contribution in [2.24, 2.45) is 4.99 Å². The van der Waals surface area contributed by atoms with Crippen LogP contribution in [0.25, 0.3) is 0 Å². The molecule has 3 N–H and O–H groups in total. The van der Waals surface area contributed by atoms with Gasteiger partial charge in [-0.3, -0.25) is 10.3 Å². The highest BCUT2D eigenvalue weighted by Crippen LogP contribution is 2.13. The summed E-state index contributed by atoms with van der Waals surface area (Å²) in [6.45, 7) is 7.91. The molecule has 7 nitrogen and oxygen atoms in total. The summed E-state index contributed by atoms with van der Waals surface area (Å²) in [5.41, 5.74) is 3.88. The minimum atomic E-state index is -0.517. The quantitative estimate of drug-likeness (QED) is 0.428. The van der Waals surface area contributed by atoms with Crippen LogP contribution in [0.1, 0.15) is 37.5 Å². The fraction of sp³-hybridized carbons (Fsp3) is 0.440. The van der Waals surface area contributed by atoms with Crippen LogP contribution in [0.2, 0.25) is 0 Å². The van der Waals surface area contributed by atoms with E-state index in [4.69, 9.17) is 4.74 Å². The zero-order valence-corrected chi connectivity index (χ0v) is 20.2. The van der Waals surface area contributed by atoms with Gasteiger partial charge in [0.2, 0.25) is 0 Å². The third-order valence-electron chi connectivity index (χ3n) is 4.48. The normalized spacial score (nSPS) is 11.9. The molecule has 0 radical (unpaired) electrons. The molecule has 0 aromatic heterocycles. The molecule has 0 fully saturated rings. The lowest BCUT2D eigenvalue weighted by atomic mass is 10.1. The number of carbonyl (C=O) groups excluding carboxylic acids is 1. The maximum Gasteiger partial charge on any atom is 0.412 e. The predicted molar refractivity (Wildman–Crippen MR) is 132 cm³/mol. The van der Waals surface area contributed by atoms with Gasteiger partial charge in [0.1, 0.15) is 5.60 Å². The fourth-order valence-corrected chi connectivity index (χ4v) is 3.11. The number of hydrogen-bond acceptors (Lipinski definition) is 4. The van der Waals surface area contributed by atoms with Gasteiger partial charge in [-0.1, -0.05) is 36.4 Å². The Morgan fingerprint density at radius 2 is 1.69 bits per heavy atom. The van der Waals surface area contributed by atoms with E-state index in [9.17, 15) is 4.79 Å². The molecule has 1 amide bonds. The van der Waals surface area contributed by atoms with E-state index in [0.717, 1.165) is 25.5 Å². The van der Waals surface area contributed by atoms with Crippen LogP contribution in [0.15, 0.2) is 53.5 Å². The second-order valence-electron chi connectivity index (χ2n) is 8.98. The number of guanidine groups is 1. The average molecular weight is 440 g/mol. The summed E-state index contributed by atoms with van der Waals surface area (Å²) >= 11 is 0. The number of rotatable bonds is 8. The SMILES string of the molecule is CN=C(NCCc1ccc(NC(=O)OC(C)(C)C)cc1)NCc1cccc(CN(C)C)c1. The van der Waals surface area contributed by atoms with Gasteiger partial charge in [0, 0.05) is 32.4 Å². The number of benzene rings is 2. The molecule has 7 heteroatoms. The van der Waals surface area contributed by atoms with Gasteiger partial charge in [-0.15, -0.1) is 0 Å². The van der Waals surface area contributed by atoms with Crippen LogP contribution in [0.5, 0.6) is 0 Å². The average Bonchev–Trinajstić information content (AvgIpc) is 2.70. The van der Waals surface area contributed by atoms with Gasteiger partial charge < -0.3 is 20.3 Å². The molecule has 0 aliphatic carbocycles. The van der Waals surface area contributed by atoms with E-state index in [0.29, 0.717) is 12.2 Å². The van der Waals surface area contributed by atoms with Crippen LogP contribution in [0, 0.1) is 0 Å². The Morgan fingerprint density at radius 3 is 2.31 bits per heavy atom. The van der Waals surface area contributed by atoms with Gasteiger partial charge in [-0.25, -0.2) is 4.79 Å². The molecule has 0 aliphatic rings. The van der Waals surface area contributed by atoms with Crippen LogP contribution in [-0.4, -0.2) is 50.2 Å². The van der Waals surface area contributed by atoms with Crippen LogP contribution in [0.4, 0.5) is 10.5 Å². The lowest BCUT2D eigenvalue weighted by Crippen LogP contribution is -2.37. The standard InChI is InChI=1S/C25H37N5O2/c1-25(2,3)32-24(31)29-22-12-10-19(11-13-22)14-15-27-23(26-4)28-17-20-8-7-9-21(16-20)18-30(5)6/h7-13,16H,14-15,17-18H2,1-6H3,(H,29,31)(H2,26,27,28). The van der Waals surface area contributed by atoms with E-state index in [-0.39, 0.29) is 0 Å². The van der Waals surface area contributed by atoms with Crippen LogP contribution in [0.3, 0.4) is 0 Å². The lowest BCUT2D eigenvalue weighted by Gasteiger charge is -2.19. The Hall–Kier alpha value is -3.06. The van der Waals surface area contributed by atoms with E-state index in [1.54, 1.807) is 7.05 Å². The van der Waals surface area contributed by atoms with E-state index >= 15 is 0 Å². The Morgan fingerprint density at radius 1 is 1.00 bits per heavy atom. The molecule has 32 heavy (non-hydrogen) atoms. The van der Waals surface area contributed by atoms with Gasteiger partial charge in [0.25, 0.3) is 0 Å². The highest BCUT2D eigenvalue weighted by atomic mass is 16.6. The van der Waals surface area contributed by atoms with Gasteiger partial charge in [-0.2, -0.15) is 0 Å². The number of amides is 1. The second kappa shape index (κ2) is 12.1. The summed E-state index contributed by atoms with van der Waals surface area (Å²) in [6, 6.07) is 16.3. The van der Waals surface area contributed by atoms with Gasteiger partial charge in [0.05, 0.1) is 0 Å². The highest BCUT2D eigenvalue weighted by Gasteiger charge is 2.16. The lowest BCUT2D eigenvalue weighted by molar-refractivity contribution is 0.0636. The maximum atomic E-state index is 11.9. The number of hydrogen-bond donors (Lipinski definition) is 3. The topological polar surface area (TPSA) is 78.0 Å². The molecule has 0 bridgehead atoms. The van der Waals surface area contributed by atoms with Crippen LogP contribution in [-0.2, 0) is 24.2 Å². The minimum absolute atomic E-state index is 0.450. The molecule has 2 aromatic carbocycles. The monoisotopic (exact) mass is 439 g/mol. The maximum absolute atomic E-state index is 11.9. The molecule has 0 aliphatic heterocycles. The summed E-state index contributed by atoms with van der Waals surface area (Å²) < 4.78 is 5.27. The molecule has 0 unspecified atom stereocenters. The Bertz CT molecular complexity index is 886. The smallest absolute Gasteiger partial charge is 0.412 e. The fourth-order valence-electron chi connectivity index (χ4n) is 3.11. The Labute approximate surface area is 192 Å². The summed E-state index contributed by atoms with van der Waals surface area (Å²) in [5, 5.41) is 9.46. The molecular formula is C25H37N5O2. The highest BCUT2D eigenvalue weighted by molar-refractivity contribution is 5.84. The Kier molecular flexibility index (Phi) is 9.53. The minimum Gasteiger partial charge on any atom is -0.444 e. The predicted octanol–water partition coefficient (Wildman–Crippen LogP) is 4.00. The number of carbonyl (C=O) groups is 1. The first-order valence-electron chi connectivity index (χ1n) is 10.9. The van der Waals surface area contributed by atoms with Crippen molar-refractivity contribution in [3.8, 4) is 0 Å². The first-order chi connectivity index (χ1) is 15.1. The van der Waals surface area contributed by atoms with E-state index in [1.807, 2.05) is 45.0 Å². The number of ether oxygens (including phenoxy) is 1. The zero-order chi connectivity index (χ0) is 23.6. The van der Waals surface area contributed by atoms with Crippen molar-refractivity contribution in [2.75, 3.05) is 33.0 Å². The second-order valence-corrected chi connectivity index (χ2v) is 8.98. The third kappa shape index (κ3) is 9.83. The molecule has 2 rings (SSSR count). The van der Waals surface area contributed by atoms with Crippen LogP contribution < -0.4 is 16.0 Å². The summed E-state index contributed by atoms with van der Waals surface area (Å²) in [7, 11) is 5.92. The molecule has 0 saturated carbocycles. The molecule has 0 spiro atoms. The molecule has 174 valence electrons. The molecule has 0 atom stereocenters. The summed E-state index contributed by atoms with van der Waals surface area (Å²) in [5.74, 6) is 0.770. The zero-order valence-electron chi connectivity index (χ0n) is 20.2. The number of anilines is 1. The largest absolute Gasteiger partial charge is 0.444 e. The Balaban J connectivity index is 1.76. The van der Waals surface area contributed by atoms with Crippen molar-refractivity contribution < 1.29 is 9.53 Å². The molecule has 2 aromatic rings. The first-order valence-corrected chi connectivity index (χ1v) is 10.9. The summed E-state index contributed by atoms with van der Waals surface area (Å²) in [6.07, 6.45) is 0.389. The van der Waals surface area contributed by atoms with Crippen molar-refractivity contribution in [2.45, 2.75) is 45.9 Å². The van der Waals surface area contributed by atoms with Gasteiger partial charge >= 0.3 is 6.09 Å². The first kappa shape index (κ1) is 25.2. The van der Waals surface area contributed by atoms with E-state index in [1.165, 1.54) is 16.7 Å². The molecular weight excluding hydrogens is 402 g/mol. The van der Waals surface area contributed by atoms with Gasteiger partial charge in [0.15, 0.2) is 5.96 Å². The third-order valence-corrected chi connectivity index (χ3v) is 4.48. The van der Waals surface area contributed by atoms with Gasteiger partial charge in [-0.05, 0) is 70.1 Å². The number of nitrogens with one attached hydrogen (secondary N) is 3. The van der Waals surface area contributed by atoms with E-state index in [2.05, 4.69) is 64.2 Å². The number of aliphatic imine (C=N–C) groups is 1. The molecule has 0 heterocycles.